The van der Waals surface area contributed by atoms with Crippen molar-refractivity contribution in [3.63, 3.8) is 0 Å². The monoisotopic (exact) mass is 549 g/mol. The molecule has 2 amide bonds. The van der Waals surface area contributed by atoms with Gasteiger partial charge in [0.25, 0.3) is 0 Å². The summed E-state index contributed by atoms with van der Waals surface area (Å²) in [5.74, 6) is -3.34. The zero-order valence-corrected chi connectivity index (χ0v) is 22.4. The number of carbonyl (C=O) groups excluding carboxylic acids is 3. The second-order valence-electron chi connectivity index (χ2n) is 9.40. The number of Topliss-reactive ketones (excluding diaryl/α,β-unsaturated/α-hetero) is 1. The Morgan fingerprint density at radius 1 is 0.846 bits per heavy atom. The molecule has 1 aromatic heterocycles. The molecule has 0 aliphatic rings. The van der Waals surface area contributed by atoms with Crippen LogP contribution in [0.4, 0.5) is 0 Å². The number of benzene rings is 2. The van der Waals surface area contributed by atoms with Crippen molar-refractivity contribution in [2.24, 2.45) is 5.92 Å². The average molecular weight is 550 g/mol. The lowest BCUT2D eigenvalue weighted by Gasteiger charge is -2.24. The number of pyridine rings is 1. The summed E-state index contributed by atoms with van der Waals surface area (Å²) in [7, 11) is 0. The molecule has 0 aliphatic carbocycles. The van der Waals surface area contributed by atoms with Crippen LogP contribution in [0.3, 0.4) is 0 Å². The number of hydrogen-bond donors (Lipinski definition) is 3. The molecule has 0 fully saturated rings. The minimum Gasteiger partial charge on any atom is -0.481 e. The highest BCUT2D eigenvalue weighted by molar-refractivity contribution is 6.30. The Bertz CT molecular complexity index is 1250. The molecular weight excluding hydrogens is 518 g/mol. The maximum absolute atomic E-state index is 13.5. The first-order valence-corrected chi connectivity index (χ1v) is 13.1. The summed E-state index contributed by atoms with van der Waals surface area (Å²) < 4.78 is 0. The van der Waals surface area contributed by atoms with Crippen molar-refractivity contribution in [3.8, 4) is 0 Å². The SMILES string of the molecule is CC(=O)NC(Cc1ccc(Cl)cc1)C(=O)NC(Cc1ccccc1)C(=O)CC(CCc1ccccn1)C(=O)O. The maximum atomic E-state index is 13.5. The first kappa shape index (κ1) is 29.5. The number of rotatable bonds is 14. The molecule has 8 nitrogen and oxygen atoms in total. The molecule has 9 heteroatoms. The summed E-state index contributed by atoms with van der Waals surface area (Å²) in [5, 5.41) is 15.8. The smallest absolute Gasteiger partial charge is 0.306 e. The molecule has 0 spiro atoms. The summed E-state index contributed by atoms with van der Waals surface area (Å²) in [6, 6.07) is 19.6. The van der Waals surface area contributed by atoms with E-state index in [4.69, 9.17) is 11.6 Å². The van der Waals surface area contributed by atoms with E-state index in [0.29, 0.717) is 11.4 Å². The van der Waals surface area contributed by atoms with Crippen molar-refractivity contribution >= 4 is 35.2 Å². The first-order valence-electron chi connectivity index (χ1n) is 12.7. The Hall–Kier alpha value is -4.04. The zero-order valence-electron chi connectivity index (χ0n) is 21.7. The standard InChI is InChI=1S/C30H32ClN3O5/c1-20(35)33-27(18-22-10-13-24(31)14-11-22)29(37)34-26(17-21-7-3-2-4-8-21)28(36)19-23(30(38)39)12-15-25-9-5-6-16-32-25/h2-11,13-14,16,23,26-27H,12,15,17-19H2,1H3,(H,33,35)(H,34,37)(H,38,39). The highest BCUT2D eigenvalue weighted by Gasteiger charge is 2.30. The number of ketones is 1. The molecule has 3 N–H and O–H groups in total. The molecule has 3 aromatic rings. The molecule has 0 saturated heterocycles. The normalized spacial score (nSPS) is 13.1. The van der Waals surface area contributed by atoms with Crippen LogP contribution in [-0.2, 0) is 38.4 Å². The lowest BCUT2D eigenvalue weighted by molar-refractivity contribution is -0.144. The van der Waals surface area contributed by atoms with Gasteiger partial charge in [-0.1, -0.05) is 60.1 Å². The molecule has 0 bridgehead atoms. The molecule has 0 saturated carbocycles. The van der Waals surface area contributed by atoms with E-state index in [2.05, 4.69) is 15.6 Å². The number of carboxylic acids is 1. The molecule has 3 rings (SSSR count). The number of carboxylic acid groups (broad SMARTS) is 1. The fourth-order valence-electron chi connectivity index (χ4n) is 4.24. The quantitative estimate of drug-likeness (QED) is 0.281. The van der Waals surface area contributed by atoms with Crippen LogP contribution in [0.5, 0.6) is 0 Å². The Morgan fingerprint density at radius 2 is 1.49 bits per heavy atom. The highest BCUT2D eigenvalue weighted by Crippen LogP contribution is 2.17. The van der Waals surface area contributed by atoms with Crippen molar-refractivity contribution in [2.75, 3.05) is 0 Å². The van der Waals surface area contributed by atoms with E-state index in [1.165, 1.54) is 6.92 Å². The molecule has 0 radical (unpaired) electrons. The van der Waals surface area contributed by atoms with Crippen molar-refractivity contribution in [2.45, 2.75) is 51.1 Å². The van der Waals surface area contributed by atoms with Gasteiger partial charge >= 0.3 is 5.97 Å². The van der Waals surface area contributed by atoms with Gasteiger partial charge in [0.05, 0.1) is 12.0 Å². The number of amides is 2. The molecule has 1 heterocycles. The summed E-state index contributed by atoms with van der Waals surface area (Å²) in [5.41, 5.74) is 2.33. The van der Waals surface area contributed by atoms with Gasteiger partial charge in [0.15, 0.2) is 5.78 Å². The number of nitrogens with zero attached hydrogens (tertiary/aromatic N) is 1. The third-order valence-corrected chi connectivity index (χ3v) is 6.56. The first-order chi connectivity index (χ1) is 18.7. The van der Waals surface area contributed by atoms with E-state index in [0.717, 1.165) is 16.8 Å². The van der Waals surface area contributed by atoms with Gasteiger partial charge in [-0.15, -0.1) is 0 Å². The van der Waals surface area contributed by atoms with Crippen molar-refractivity contribution in [3.05, 3.63) is 101 Å². The lowest BCUT2D eigenvalue weighted by Crippen LogP contribution is -2.53. The Labute approximate surface area is 232 Å². The van der Waals surface area contributed by atoms with E-state index in [1.807, 2.05) is 42.5 Å². The van der Waals surface area contributed by atoms with Crippen molar-refractivity contribution in [1.82, 2.24) is 15.6 Å². The van der Waals surface area contributed by atoms with Gasteiger partial charge in [-0.05, 0) is 54.7 Å². The second-order valence-corrected chi connectivity index (χ2v) is 9.84. The van der Waals surface area contributed by atoms with Crippen molar-refractivity contribution in [1.29, 1.82) is 0 Å². The summed E-state index contributed by atoms with van der Waals surface area (Å²) >= 11 is 5.96. The fourth-order valence-corrected chi connectivity index (χ4v) is 4.37. The molecule has 39 heavy (non-hydrogen) atoms. The third kappa shape index (κ3) is 9.98. The average Bonchev–Trinajstić information content (AvgIpc) is 2.92. The molecule has 204 valence electrons. The van der Waals surface area contributed by atoms with Crippen LogP contribution in [0.2, 0.25) is 5.02 Å². The summed E-state index contributed by atoms with van der Waals surface area (Å²) in [4.78, 5) is 54.9. The van der Waals surface area contributed by atoms with Gasteiger partial charge in [0.1, 0.15) is 6.04 Å². The van der Waals surface area contributed by atoms with Crippen LogP contribution in [0.1, 0.15) is 36.6 Å². The predicted octanol–water partition coefficient (Wildman–Crippen LogP) is 3.80. The molecule has 0 aliphatic heterocycles. The van der Waals surface area contributed by atoms with Crippen LogP contribution >= 0.6 is 11.6 Å². The van der Waals surface area contributed by atoms with Gasteiger partial charge in [0.2, 0.25) is 11.8 Å². The number of halogens is 1. The van der Waals surface area contributed by atoms with E-state index in [9.17, 15) is 24.3 Å². The molecule has 2 aromatic carbocycles. The van der Waals surface area contributed by atoms with Gasteiger partial charge in [-0.3, -0.25) is 24.2 Å². The minimum atomic E-state index is -1.08. The van der Waals surface area contributed by atoms with E-state index in [-0.39, 0.29) is 25.7 Å². The van der Waals surface area contributed by atoms with Gasteiger partial charge in [-0.25, -0.2) is 0 Å². The van der Waals surface area contributed by atoms with Crippen LogP contribution in [0.15, 0.2) is 79.0 Å². The fraction of sp³-hybridized carbons (Fsp3) is 0.300. The number of nitrogens with one attached hydrogen (secondary N) is 2. The zero-order chi connectivity index (χ0) is 28.2. The van der Waals surface area contributed by atoms with Gasteiger partial charge < -0.3 is 15.7 Å². The van der Waals surface area contributed by atoms with Crippen LogP contribution < -0.4 is 10.6 Å². The molecule has 3 atom stereocenters. The van der Waals surface area contributed by atoms with Crippen molar-refractivity contribution < 1.29 is 24.3 Å². The Morgan fingerprint density at radius 3 is 2.10 bits per heavy atom. The van der Waals surface area contributed by atoms with Crippen LogP contribution in [0.25, 0.3) is 0 Å². The Kier molecular flexibility index (Phi) is 11.2. The topological polar surface area (TPSA) is 125 Å². The third-order valence-electron chi connectivity index (χ3n) is 6.31. The second kappa shape index (κ2) is 14.8. The highest BCUT2D eigenvalue weighted by atomic mass is 35.5. The molecular formula is C30H32ClN3O5. The lowest BCUT2D eigenvalue weighted by atomic mass is 9.91. The number of hydrogen-bond acceptors (Lipinski definition) is 5. The van der Waals surface area contributed by atoms with E-state index in [1.54, 1.807) is 36.5 Å². The number of aliphatic carboxylic acids is 1. The summed E-state index contributed by atoms with van der Waals surface area (Å²) in [6.45, 7) is 1.31. The molecule has 3 unspecified atom stereocenters. The van der Waals surface area contributed by atoms with Gasteiger partial charge in [-0.2, -0.15) is 0 Å². The maximum Gasteiger partial charge on any atom is 0.306 e. The predicted molar refractivity (Wildman–Crippen MR) is 148 cm³/mol. The number of aryl methyl sites for hydroxylation is 1. The largest absolute Gasteiger partial charge is 0.481 e. The van der Waals surface area contributed by atoms with Crippen LogP contribution in [-0.4, -0.2) is 45.7 Å². The van der Waals surface area contributed by atoms with Crippen LogP contribution in [0, 0.1) is 5.92 Å². The Balaban J connectivity index is 1.77. The summed E-state index contributed by atoms with van der Waals surface area (Å²) in [6.07, 6.45) is 2.41. The van der Waals surface area contributed by atoms with E-state index < -0.39 is 41.6 Å². The minimum absolute atomic E-state index is 0.186. The number of aromatic nitrogens is 1. The van der Waals surface area contributed by atoms with Gasteiger partial charge in [0, 0.05) is 36.7 Å². The van der Waals surface area contributed by atoms with E-state index >= 15 is 0 Å². The number of carbonyl (C=O) groups is 4.